The average Bonchev–Trinajstić information content (AvgIpc) is 3.49. The summed E-state index contributed by atoms with van der Waals surface area (Å²) in [4.78, 5) is 14.6. The summed E-state index contributed by atoms with van der Waals surface area (Å²) in [7, 11) is 0. The third-order valence-electron chi connectivity index (χ3n) is 6.57. The van der Waals surface area contributed by atoms with Gasteiger partial charge in [0.2, 0.25) is 5.91 Å². The van der Waals surface area contributed by atoms with Crippen LogP contribution in [0.15, 0.2) is 67.1 Å². The van der Waals surface area contributed by atoms with Crippen LogP contribution in [0.5, 0.6) is 0 Å². The number of rotatable bonds is 6. The van der Waals surface area contributed by atoms with E-state index in [1.165, 1.54) is 23.0 Å². The van der Waals surface area contributed by atoms with Crippen LogP contribution >= 0.6 is 0 Å². The monoisotopic (exact) mass is 430 g/mol. The van der Waals surface area contributed by atoms with Crippen molar-refractivity contribution in [2.45, 2.75) is 32.2 Å². The molecular formula is C26H27FN4O. The van der Waals surface area contributed by atoms with Crippen molar-refractivity contribution in [3.05, 3.63) is 78.5 Å². The quantitative estimate of drug-likeness (QED) is 0.466. The molecule has 1 aliphatic rings. The molecule has 0 unspecified atom stereocenters. The van der Waals surface area contributed by atoms with E-state index in [0.29, 0.717) is 18.8 Å². The number of piperidine rings is 1. The second-order valence-corrected chi connectivity index (χ2v) is 8.68. The number of likely N-dealkylation sites (tertiary alicyclic amines) is 1. The smallest absolute Gasteiger partial charge is 0.222 e. The second kappa shape index (κ2) is 8.99. The minimum atomic E-state index is -0.240. The molecule has 6 heteroatoms. The Morgan fingerprint density at radius 1 is 1.06 bits per heavy atom. The lowest BCUT2D eigenvalue weighted by Crippen LogP contribution is -2.39. The van der Waals surface area contributed by atoms with E-state index in [4.69, 9.17) is 0 Å². The molecule has 5 nitrogen and oxygen atoms in total. The highest BCUT2D eigenvalue weighted by Gasteiger charge is 2.23. The summed E-state index contributed by atoms with van der Waals surface area (Å²) in [6, 6.07) is 15.1. The molecule has 3 heterocycles. The van der Waals surface area contributed by atoms with Crippen molar-refractivity contribution in [1.29, 1.82) is 0 Å². The molecular weight excluding hydrogens is 403 g/mol. The van der Waals surface area contributed by atoms with Gasteiger partial charge in [-0.3, -0.25) is 9.89 Å². The number of H-pyrrole nitrogens is 1. The zero-order chi connectivity index (χ0) is 21.9. The average molecular weight is 431 g/mol. The maximum atomic E-state index is 13.0. The van der Waals surface area contributed by atoms with E-state index < -0.39 is 0 Å². The van der Waals surface area contributed by atoms with Crippen LogP contribution in [-0.4, -0.2) is 38.7 Å². The Labute approximate surface area is 186 Å². The molecule has 1 saturated heterocycles. The van der Waals surface area contributed by atoms with Gasteiger partial charge in [0, 0.05) is 54.9 Å². The van der Waals surface area contributed by atoms with Crippen molar-refractivity contribution >= 4 is 16.8 Å². The standard InChI is InChI=1S/C26H27FN4O/c27-24-5-1-19(2-6-24)3-8-26(32)30-12-9-20(10-13-30)18-31-14-11-22-15-21(4-7-25(22)31)23-16-28-29-17-23/h1-2,4-7,11,14-17,20H,3,8-10,12-13,18H2,(H,28,29). The van der Waals surface area contributed by atoms with Gasteiger partial charge in [0.25, 0.3) is 0 Å². The molecule has 1 aliphatic heterocycles. The van der Waals surface area contributed by atoms with E-state index >= 15 is 0 Å². The molecule has 2 aromatic carbocycles. The number of carbonyl (C=O) groups excluding carboxylic acids is 1. The number of hydrogen-bond donors (Lipinski definition) is 1. The normalized spacial score (nSPS) is 14.8. The number of benzene rings is 2. The van der Waals surface area contributed by atoms with E-state index in [9.17, 15) is 9.18 Å². The Morgan fingerprint density at radius 3 is 2.62 bits per heavy atom. The van der Waals surface area contributed by atoms with E-state index in [0.717, 1.165) is 49.2 Å². The van der Waals surface area contributed by atoms with E-state index in [1.807, 2.05) is 17.3 Å². The van der Waals surface area contributed by atoms with Crippen LogP contribution in [0, 0.1) is 11.7 Å². The van der Waals surface area contributed by atoms with E-state index in [-0.39, 0.29) is 11.7 Å². The molecule has 1 amide bonds. The molecule has 0 radical (unpaired) electrons. The number of aromatic amines is 1. The van der Waals surface area contributed by atoms with Crippen LogP contribution in [0.2, 0.25) is 0 Å². The molecule has 0 spiro atoms. The van der Waals surface area contributed by atoms with Gasteiger partial charge < -0.3 is 9.47 Å². The molecule has 0 atom stereocenters. The van der Waals surface area contributed by atoms with Crippen LogP contribution in [-0.2, 0) is 17.8 Å². The molecule has 5 rings (SSSR count). The lowest BCUT2D eigenvalue weighted by atomic mass is 9.96. The number of amides is 1. The van der Waals surface area contributed by atoms with Crippen LogP contribution in [0.1, 0.15) is 24.8 Å². The maximum Gasteiger partial charge on any atom is 0.222 e. The Balaban J connectivity index is 1.15. The fourth-order valence-corrected chi connectivity index (χ4v) is 4.65. The number of halogens is 1. The van der Waals surface area contributed by atoms with Gasteiger partial charge in [0.05, 0.1) is 6.20 Å². The molecule has 0 bridgehead atoms. The molecule has 2 aromatic heterocycles. The first-order valence-electron chi connectivity index (χ1n) is 11.3. The highest BCUT2D eigenvalue weighted by molar-refractivity contribution is 5.85. The fourth-order valence-electron chi connectivity index (χ4n) is 4.65. The lowest BCUT2D eigenvalue weighted by Gasteiger charge is -2.32. The number of aryl methyl sites for hydroxylation is 1. The lowest BCUT2D eigenvalue weighted by molar-refractivity contribution is -0.132. The Hall–Kier alpha value is -3.41. The largest absolute Gasteiger partial charge is 0.347 e. The van der Waals surface area contributed by atoms with E-state index in [2.05, 4.69) is 45.2 Å². The summed E-state index contributed by atoms with van der Waals surface area (Å²) in [6.07, 6.45) is 9.11. The summed E-state index contributed by atoms with van der Waals surface area (Å²) in [6.45, 7) is 2.61. The number of nitrogens with one attached hydrogen (secondary N) is 1. The predicted octanol–water partition coefficient (Wildman–Crippen LogP) is 5.04. The molecule has 1 N–H and O–H groups in total. The van der Waals surface area contributed by atoms with Gasteiger partial charge in [0.1, 0.15) is 5.82 Å². The number of fused-ring (bicyclic) bond motifs is 1. The minimum Gasteiger partial charge on any atom is -0.347 e. The van der Waals surface area contributed by atoms with Gasteiger partial charge in [-0.1, -0.05) is 18.2 Å². The number of carbonyl (C=O) groups is 1. The Morgan fingerprint density at radius 2 is 1.88 bits per heavy atom. The third kappa shape index (κ3) is 4.44. The zero-order valence-electron chi connectivity index (χ0n) is 18.0. The molecule has 32 heavy (non-hydrogen) atoms. The van der Waals surface area contributed by atoms with Gasteiger partial charge in [-0.25, -0.2) is 4.39 Å². The van der Waals surface area contributed by atoms with Crippen molar-refractivity contribution < 1.29 is 9.18 Å². The number of nitrogens with zero attached hydrogens (tertiary/aromatic N) is 3. The van der Waals surface area contributed by atoms with Crippen LogP contribution in [0.4, 0.5) is 4.39 Å². The van der Waals surface area contributed by atoms with Gasteiger partial charge in [-0.05, 0) is 66.6 Å². The van der Waals surface area contributed by atoms with Crippen molar-refractivity contribution in [2.75, 3.05) is 13.1 Å². The number of hydrogen-bond acceptors (Lipinski definition) is 2. The molecule has 1 fully saturated rings. The summed E-state index contributed by atoms with van der Waals surface area (Å²) < 4.78 is 15.4. The van der Waals surface area contributed by atoms with Gasteiger partial charge in [0.15, 0.2) is 0 Å². The highest BCUT2D eigenvalue weighted by Crippen LogP contribution is 2.27. The second-order valence-electron chi connectivity index (χ2n) is 8.68. The Kier molecular flexibility index (Phi) is 5.75. The molecule has 164 valence electrons. The first kappa shape index (κ1) is 20.5. The third-order valence-corrected chi connectivity index (χ3v) is 6.57. The highest BCUT2D eigenvalue weighted by atomic mass is 19.1. The van der Waals surface area contributed by atoms with Crippen molar-refractivity contribution in [1.82, 2.24) is 19.7 Å². The van der Waals surface area contributed by atoms with Crippen molar-refractivity contribution in [3.63, 3.8) is 0 Å². The minimum absolute atomic E-state index is 0.200. The van der Waals surface area contributed by atoms with Crippen LogP contribution < -0.4 is 0 Å². The van der Waals surface area contributed by atoms with Gasteiger partial charge in [-0.15, -0.1) is 0 Å². The molecule has 0 aliphatic carbocycles. The summed E-state index contributed by atoms with van der Waals surface area (Å²) in [5.41, 5.74) is 4.51. The first-order valence-corrected chi connectivity index (χ1v) is 11.3. The fraction of sp³-hybridized carbons (Fsp3) is 0.308. The summed E-state index contributed by atoms with van der Waals surface area (Å²) in [5, 5.41) is 8.14. The van der Waals surface area contributed by atoms with Crippen molar-refractivity contribution in [3.8, 4) is 11.1 Å². The topological polar surface area (TPSA) is 53.9 Å². The van der Waals surface area contributed by atoms with Crippen molar-refractivity contribution in [2.24, 2.45) is 5.92 Å². The van der Waals surface area contributed by atoms with Crippen LogP contribution in [0.25, 0.3) is 22.0 Å². The van der Waals surface area contributed by atoms with E-state index in [1.54, 1.807) is 12.1 Å². The summed E-state index contributed by atoms with van der Waals surface area (Å²) in [5.74, 6) is 0.530. The molecule has 0 saturated carbocycles. The first-order chi connectivity index (χ1) is 15.7. The number of aromatic nitrogens is 3. The zero-order valence-corrected chi connectivity index (χ0v) is 18.0. The predicted molar refractivity (Wildman–Crippen MR) is 124 cm³/mol. The Bertz CT molecular complexity index is 1190. The molecule has 4 aromatic rings. The summed E-state index contributed by atoms with van der Waals surface area (Å²) >= 11 is 0. The van der Waals surface area contributed by atoms with Gasteiger partial charge >= 0.3 is 0 Å². The van der Waals surface area contributed by atoms with Gasteiger partial charge in [-0.2, -0.15) is 5.10 Å². The van der Waals surface area contributed by atoms with Crippen LogP contribution in [0.3, 0.4) is 0 Å². The SMILES string of the molecule is O=C(CCc1ccc(F)cc1)N1CCC(Cn2ccc3cc(-c4cn[nH]c4)ccc32)CC1. The maximum absolute atomic E-state index is 13.0.